The van der Waals surface area contributed by atoms with Crippen LogP contribution in [0.25, 0.3) is 10.9 Å². The van der Waals surface area contributed by atoms with Crippen molar-refractivity contribution in [1.82, 2.24) is 14.8 Å². The van der Waals surface area contributed by atoms with Crippen LogP contribution in [0.15, 0.2) is 48.5 Å². The topological polar surface area (TPSA) is 72.8 Å². The molecule has 7 heteroatoms. The Hall–Kier alpha value is -3.48. The van der Waals surface area contributed by atoms with Crippen molar-refractivity contribution in [1.29, 1.82) is 0 Å². The average Bonchev–Trinajstić information content (AvgIpc) is 3.05. The van der Waals surface area contributed by atoms with E-state index in [-0.39, 0.29) is 17.9 Å². The minimum absolute atomic E-state index is 0.0963. The SMILES string of the molecule is COc1cccc(CN2C(=O)c3cc4ccc(OC)cc4n3CC2(C)C(=O)NC2CCCCCC2)c1. The van der Waals surface area contributed by atoms with Gasteiger partial charge in [-0.15, -0.1) is 0 Å². The van der Waals surface area contributed by atoms with Crippen molar-refractivity contribution in [3.8, 4) is 11.5 Å². The van der Waals surface area contributed by atoms with Crippen molar-refractivity contribution in [3.63, 3.8) is 0 Å². The van der Waals surface area contributed by atoms with Gasteiger partial charge in [-0.2, -0.15) is 0 Å². The minimum atomic E-state index is -1.06. The Morgan fingerprint density at radius 2 is 1.72 bits per heavy atom. The maximum absolute atomic E-state index is 14.0. The van der Waals surface area contributed by atoms with Crippen LogP contribution in [0.4, 0.5) is 0 Å². The molecule has 0 saturated heterocycles. The van der Waals surface area contributed by atoms with Gasteiger partial charge in [-0.1, -0.05) is 37.8 Å². The zero-order chi connectivity index (χ0) is 25.3. The molecule has 1 aliphatic carbocycles. The lowest BCUT2D eigenvalue weighted by Gasteiger charge is -2.44. The number of ether oxygens (including phenoxy) is 2. The largest absolute Gasteiger partial charge is 0.497 e. The van der Waals surface area contributed by atoms with Gasteiger partial charge in [0.05, 0.1) is 26.3 Å². The average molecular weight is 490 g/mol. The van der Waals surface area contributed by atoms with E-state index in [4.69, 9.17) is 9.47 Å². The smallest absolute Gasteiger partial charge is 0.271 e. The van der Waals surface area contributed by atoms with Gasteiger partial charge in [-0.3, -0.25) is 9.59 Å². The lowest BCUT2D eigenvalue weighted by molar-refractivity contribution is -0.134. The molecule has 2 amide bonds. The third kappa shape index (κ3) is 4.43. The molecule has 2 aromatic carbocycles. The van der Waals surface area contributed by atoms with Crippen LogP contribution in [0.1, 0.15) is 61.5 Å². The van der Waals surface area contributed by atoms with Gasteiger partial charge < -0.3 is 24.3 Å². The zero-order valence-corrected chi connectivity index (χ0v) is 21.4. The van der Waals surface area contributed by atoms with Crippen LogP contribution >= 0.6 is 0 Å². The van der Waals surface area contributed by atoms with Crippen molar-refractivity contribution >= 4 is 22.7 Å². The predicted octanol–water partition coefficient (Wildman–Crippen LogP) is 4.91. The number of aromatic nitrogens is 1. The monoisotopic (exact) mass is 489 g/mol. The third-order valence-corrected chi connectivity index (χ3v) is 7.79. The van der Waals surface area contributed by atoms with Crippen molar-refractivity contribution in [3.05, 3.63) is 59.8 Å². The molecular weight excluding hydrogens is 454 g/mol. The highest BCUT2D eigenvalue weighted by Gasteiger charge is 2.48. The van der Waals surface area contributed by atoms with Crippen LogP contribution in [-0.4, -0.2) is 47.1 Å². The fourth-order valence-electron chi connectivity index (χ4n) is 5.62. The normalized spacial score (nSPS) is 20.6. The van der Waals surface area contributed by atoms with Crippen LogP contribution in [0.3, 0.4) is 0 Å². The van der Waals surface area contributed by atoms with E-state index in [1.807, 2.05) is 60.0 Å². The highest BCUT2D eigenvalue weighted by molar-refractivity contribution is 6.03. The standard InChI is InChI=1S/C29H35N3O4/c1-29(28(34)30-22-10-6-4-5-7-11-22)19-31-25-17-24(36-3)14-13-21(25)16-26(31)27(33)32(29)18-20-9-8-12-23(15-20)35-2/h8-9,12-17,22H,4-7,10-11,18-19H2,1-3H3,(H,30,34). The number of methoxy groups -OCH3 is 2. The van der Waals surface area contributed by atoms with Gasteiger partial charge in [0.25, 0.3) is 5.91 Å². The number of hydrogen-bond donors (Lipinski definition) is 1. The van der Waals surface area contributed by atoms with Crippen LogP contribution in [0.2, 0.25) is 0 Å². The summed E-state index contributed by atoms with van der Waals surface area (Å²) in [5.41, 5.74) is 1.34. The molecule has 0 radical (unpaired) electrons. The highest BCUT2D eigenvalue weighted by atomic mass is 16.5. The van der Waals surface area contributed by atoms with E-state index >= 15 is 0 Å². The molecule has 3 aromatic rings. The molecule has 1 atom stereocenters. The summed E-state index contributed by atoms with van der Waals surface area (Å²) in [4.78, 5) is 29.8. The van der Waals surface area contributed by atoms with Gasteiger partial charge in [-0.25, -0.2) is 0 Å². The summed E-state index contributed by atoms with van der Waals surface area (Å²) in [5.74, 6) is 1.20. The second-order valence-electron chi connectivity index (χ2n) is 10.2. The molecule has 7 nitrogen and oxygen atoms in total. The number of nitrogens with zero attached hydrogens (tertiary/aromatic N) is 2. The molecule has 1 aliphatic heterocycles. The van der Waals surface area contributed by atoms with Crippen molar-refractivity contribution in [2.24, 2.45) is 0 Å². The molecule has 1 aromatic heterocycles. The van der Waals surface area contributed by atoms with Gasteiger partial charge in [0, 0.05) is 24.0 Å². The molecule has 1 N–H and O–H groups in total. The van der Waals surface area contributed by atoms with E-state index < -0.39 is 5.54 Å². The highest BCUT2D eigenvalue weighted by Crippen LogP contribution is 2.35. The number of hydrogen-bond acceptors (Lipinski definition) is 4. The fourth-order valence-corrected chi connectivity index (χ4v) is 5.62. The molecule has 1 unspecified atom stereocenters. The zero-order valence-electron chi connectivity index (χ0n) is 21.4. The van der Waals surface area contributed by atoms with E-state index in [2.05, 4.69) is 5.32 Å². The van der Waals surface area contributed by atoms with Gasteiger partial charge in [0.2, 0.25) is 5.91 Å². The molecule has 0 bridgehead atoms. The summed E-state index contributed by atoms with van der Waals surface area (Å²) < 4.78 is 12.8. The molecule has 0 spiro atoms. The molecule has 190 valence electrons. The number of carbonyl (C=O) groups is 2. The number of benzene rings is 2. The van der Waals surface area contributed by atoms with Crippen molar-refractivity contribution in [2.45, 2.75) is 70.1 Å². The Balaban J connectivity index is 1.55. The first-order chi connectivity index (χ1) is 17.4. The van der Waals surface area contributed by atoms with Crippen LogP contribution in [0, 0.1) is 0 Å². The van der Waals surface area contributed by atoms with Gasteiger partial charge in [0.1, 0.15) is 22.7 Å². The van der Waals surface area contributed by atoms with Crippen LogP contribution in [-0.2, 0) is 17.9 Å². The number of carbonyl (C=O) groups excluding carboxylic acids is 2. The minimum Gasteiger partial charge on any atom is -0.497 e. The number of amides is 2. The summed E-state index contributed by atoms with van der Waals surface area (Å²) in [6.07, 6.45) is 6.65. The van der Waals surface area contributed by atoms with Gasteiger partial charge >= 0.3 is 0 Å². The summed E-state index contributed by atoms with van der Waals surface area (Å²) in [7, 11) is 3.26. The summed E-state index contributed by atoms with van der Waals surface area (Å²) in [6, 6.07) is 15.5. The maximum Gasteiger partial charge on any atom is 0.271 e. The van der Waals surface area contributed by atoms with E-state index in [9.17, 15) is 9.59 Å². The quantitative estimate of drug-likeness (QED) is 0.499. The van der Waals surface area contributed by atoms with E-state index in [1.54, 1.807) is 19.1 Å². The Labute approximate surface area is 212 Å². The molecular formula is C29H35N3O4. The first kappa shape index (κ1) is 24.2. The molecule has 1 fully saturated rings. The second kappa shape index (κ2) is 9.88. The third-order valence-electron chi connectivity index (χ3n) is 7.79. The lowest BCUT2D eigenvalue weighted by atomic mass is 9.93. The Morgan fingerprint density at radius 1 is 1.00 bits per heavy atom. The predicted molar refractivity (Wildman–Crippen MR) is 139 cm³/mol. The van der Waals surface area contributed by atoms with Crippen LogP contribution in [0.5, 0.6) is 11.5 Å². The molecule has 2 heterocycles. The maximum atomic E-state index is 14.0. The van der Waals surface area contributed by atoms with Crippen LogP contribution < -0.4 is 14.8 Å². The molecule has 2 aliphatic rings. The van der Waals surface area contributed by atoms with E-state index in [0.29, 0.717) is 18.8 Å². The van der Waals surface area contributed by atoms with E-state index in [0.717, 1.165) is 53.6 Å². The van der Waals surface area contributed by atoms with Crippen molar-refractivity contribution < 1.29 is 19.1 Å². The first-order valence-electron chi connectivity index (χ1n) is 12.9. The summed E-state index contributed by atoms with van der Waals surface area (Å²) >= 11 is 0. The number of fused-ring (bicyclic) bond motifs is 3. The second-order valence-corrected chi connectivity index (χ2v) is 10.2. The molecule has 5 rings (SSSR count). The lowest BCUT2D eigenvalue weighted by Crippen LogP contribution is -2.64. The Morgan fingerprint density at radius 3 is 2.44 bits per heavy atom. The van der Waals surface area contributed by atoms with Crippen molar-refractivity contribution in [2.75, 3.05) is 14.2 Å². The van der Waals surface area contributed by atoms with Gasteiger partial charge in [-0.05, 0) is 55.7 Å². The Kier molecular flexibility index (Phi) is 6.65. The fraction of sp³-hybridized carbons (Fsp3) is 0.448. The molecule has 1 saturated carbocycles. The summed E-state index contributed by atoms with van der Waals surface area (Å²) in [5, 5.41) is 4.28. The number of nitrogens with one attached hydrogen (secondary N) is 1. The first-order valence-corrected chi connectivity index (χ1v) is 12.9. The van der Waals surface area contributed by atoms with E-state index in [1.165, 1.54) is 12.8 Å². The summed E-state index contributed by atoms with van der Waals surface area (Å²) in [6.45, 7) is 2.58. The molecule has 36 heavy (non-hydrogen) atoms. The number of rotatable bonds is 6. The van der Waals surface area contributed by atoms with Gasteiger partial charge in [0.15, 0.2) is 0 Å². The Bertz CT molecular complexity index is 1270.